The number of allylic oxidation sites excluding steroid dienone is 3. The zero-order valence-electron chi connectivity index (χ0n) is 9.46. The molecule has 0 aromatic carbocycles. The molecule has 0 aromatic heterocycles. The molecular weight excluding hydrogens is 172 g/mol. The smallest absolute Gasteiger partial charge is 0.125 e. The van der Waals surface area contributed by atoms with E-state index in [0.29, 0.717) is 0 Å². The minimum absolute atomic E-state index is 0.144. The fourth-order valence-corrected chi connectivity index (χ4v) is 1.18. The topological polar surface area (TPSA) is 17.1 Å². The van der Waals surface area contributed by atoms with Gasteiger partial charge in [0.25, 0.3) is 0 Å². The van der Waals surface area contributed by atoms with Crippen LogP contribution in [-0.2, 0) is 4.79 Å². The lowest BCUT2D eigenvalue weighted by Gasteiger charge is -2.14. The second kappa shape index (κ2) is 7.54. The third-order valence-electron chi connectivity index (χ3n) is 2.22. The van der Waals surface area contributed by atoms with Crippen molar-refractivity contribution in [2.45, 2.75) is 46.0 Å². The standard InChI is InChI=1S/C13H22O/c1-4-5-6-7-8-9-10-11-13(2,3)12-14/h4,7-8,12H,1,5-6,9-11H2,2-3H3. The van der Waals surface area contributed by atoms with Crippen LogP contribution in [0.15, 0.2) is 24.8 Å². The Hall–Kier alpha value is -0.850. The zero-order valence-corrected chi connectivity index (χ0v) is 9.46. The molecule has 80 valence electrons. The van der Waals surface area contributed by atoms with Gasteiger partial charge in [-0.2, -0.15) is 0 Å². The van der Waals surface area contributed by atoms with Gasteiger partial charge in [0.05, 0.1) is 0 Å². The van der Waals surface area contributed by atoms with Gasteiger partial charge in [0.15, 0.2) is 0 Å². The van der Waals surface area contributed by atoms with E-state index in [9.17, 15) is 4.79 Å². The zero-order chi connectivity index (χ0) is 10.9. The third kappa shape index (κ3) is 7.78. The molecule has 1 nitrogen and oxygen atoms in total. The Bertz CT molecular complexity index is 189. The highest BCUT2D eigenvalue weighted by Gasteiger charge is 2.14. The van der Waals surface area contributed by atoms with Crippen molar-refractivity contribution in [1.82, 2.24) is 0 Å². The monoisotopic (exact) mass is 194 g/mol. The molecule has 0 amide bonds. The number of unbranched alkanes of at least 4 members (excludes halogenated alkanes) is 2. The van der Waals surface area contributed by atoms with Gasteiger partial charge in [0.1, 0.15) is 6.29 Å². The van der Waals surface area contributed by atoms with E-state index in [4.69, 9.17) is 0 Å². The lowest BCUT2D eigenvalue weighted by atomic mass is 9.89. The molecule has 0 fully saturated rings. The van der Waals surface area contributed by atoms with E-state index in [1.807, 2.05) is 19.9 Å². The molecule has 0 atom stereocenters. The Morgan fingerprint density at radius 2 is 1.79 bits per heavy atom. The Morgan fingerprint density at radius 1 is 1.14 bits per heavy atom. The van der Waals surface area contributed by atoms with Gasteiger partial charge in [0, 0.05) is 5.41 Å². The molecule has 0 spiro atoms. The van der Waals surface area contributed by atoms with Crippen LogP contribution in [0.25, 0.3) is 0 Å². The van der Waals surface area contributed by atoms with E-state index in [-0.39, 0.29) is 5.41 Å². The van der Waals surface area contributed by atoms with Crippen molar-refractivity contribution >= 4 is 6.29 Å². The first kappa shape index (κ1) is 13.2. The van der Waals surface area contributed by atoms with Crippen molar-refractivity contribution in [3.05, 3.63) is 24.8 Å². The van der Waals surface area contributed by atoms with Gasteiger partial charge >= 0.3 is 0 Å². The maximum absolute atomic E-state index is 10.6. The molecule has 0 radical (unpaired) electrons. The highest BCUT2D eigenvalue weighted by molar-refractivity contribution is 5.57. The number of hydrogen-bond acceptors (Lipinski definition) is 1. The van der Waals surface area contributed by atoms with Crippen LogP contribution in [0, 0.1) is 5.41 Å². The summed E-state index contributed by atoms with van der Waals surface area (Å²) in [5.41, 5.74) is -0.144. The van der Waals surface area contributed by atoms with Gasteiger partial charge < -0.3 is 4.79 Å². The summed E-state index contributed by atoms with van der Waals surface area (Å²) in [6.07, 6.45) is 12.7. The molecule has 1 heteroatoms. The van der Waals surface area contributed by atoms with Crippen LogP contribution in [0.2, 0.25) is 0 Å². The molecule has 0 N–H and O–H groups in total. The van der Waals surface area contributed by atoms with Crippen molar-refractivity contribution in [1.29, 1.82) is 0 Å². The van der Waals surface area contributed by atoms with E-state index < -0.39 is 0 Å². The van der Waals surface area contributed by atoms with Crippen LogP contribution >= 0.6 is 0 Å². The van der Waals surface area contributed by atoms with Crippen LogP contribution in [0.5, 0.6) is 0 Å². The first-order valence-corrected chi connectivity index (χ1v) is 5.34. The molecule has 0 aromatic rings. The van der Waals surface area contributed by atoms with Gasteiger partial charge in [-0.1, -0.05) is 32.1 Å². The maximum Gasteiger partial charge on any atom is 0.125 e. The highest BCUT2D eigenvalue weighted by atomic mass is 16.1. The molecule has 0 saturated heterocycles. The maximum atomic E-state index is 10.6. The van der Waals surface area contributed by atoms with Gasteiger partial charge in [-0.05, 0) is 32.1 Å². The summed E-state index contributed by atoms with van der Waals surface area (Å²) in [5, 5.41) is 0. The van der Waals surface area contributed by atoms with Crippen LogP contribution in [0.3, 0.4) is 0 Å². The minimum Gasteiger partial charge on any atom is -0.303 e. The van der Waals surface area contributed by atoms with Crippen molar-refractivity contribution in [3.8, 4) is 0 Å². The van der Waals surface area contributed by atoms with Crippen LogP contribution in [0.1, 0.15) is 46.0 Å². The Kier molecular flexibility index (Phi) is 7.09. The largest absolute Gasteiger partial charge is 0.303 e. The van der Waals surface area contributed by atoms with Gasteiger partial charge in [-0.3, -0.25) is 0 Å². The summed E-state index contributed by atoms with van der Waals surface area (Å²) in [6.45, 7) is 7.64. The number of aldehydes is 1. The molecular formula is C13H22O. The van der Waals surface area contributed by atoms with Gasteiger partial charge in [0.2, 0.25) is 0 Å². The molecule has 0 bridgehead atoms. The Balaban J connectivity index is 3.41. The van der Waals surface area contributed by atoms with Crippen molar-refractivity contribution in [3.63, 3.8) is 0 Å². The minimum atomic E-state index is -0.144. The molecule has 0 aliphatic rings. The van der Waals surface area contributed by atoms with Crippen molar-refractivity contribution in [2.75, 3.05) is 0 Å². The van der Waals surface area contributed by atoms with Crippen molar-refractivity contribution < 1.29 is 4.79 Å². The summed E-state index contributed by atoms with van der Waals surface area (Å²) in [4.78, 5) is 10.6. The van der Waals surface area contributed by atoms with E-state index in [2.05, 4.69) is 18.7 Å². The lowest BCUT2D eigenvalue weighted by molar-refractivity contribution is -0.115. The number of carbonyl (C=O) groups excluding carboxylic acids is 1. The molecule has 0 saturated carbocycles. The molecule has 0 aliphatic carbocycles. The van der Waals surface area contributed by atoms with Crippen LogP contribution in [-0.4, -0.2) is 6.29 Å². The summed E-state index contributed by atoms with van der Waals surface area (Å²) >= 11 is 0. The normalized spacial score (nSPS) is 11.9. The molecule has 0 unspecified atom stereocenters. The average molecular weight is 194 g/mol. The second-order valence-electron chi connectivity index (χ2n) is 4.34. The quantitative estimate of drug-likeness (QED) is 0.325. The van der Waals surface area contributed by atoms with E-state index >= 15 is 0 Å². The van der Waals surface area contributed by atoms with Crippen LogP contribution in [0.4, 0.5) is 0 Å². The lowest BCUT2D eigenvalue weighted by Crippen LogP contribution is -2.11. The van der Waals surface area contributed by atoms with Crippen LogP contribution < -0.4 is 0 Å². The Labute approximate surface area is 87.9 Å². The second-order valence-corrected chi connectivity index (χ2v) is 4.34. The molecule has 0 rings (SSSR count). The van der Waals surface area contributed by atoms with Gasteiger partial charge in [-0.15, -0.1) is 6.58 Å². The SMILES string of the molecule is C=CCCC=CCCCC(C)(C)C=O. The predicted molar refractivity (Wildman–Crippen MR) is 62.3 cm³/mol. The molecule has 0 aliphatic heterocycles. The fourth-order valence-electron chi connectivity index (χ4n) is 1.18. The number of rotatable bonds is 8. The first-order chi connectivity index (χ1) is 6.62. The number of carbonyl (C=O) groups is 1. The Morgan fingerprint density at radius 3 is 2.36 bits per heavy atom. The third-order valence-corrected chi connectivity index (χ3v) is 2.22. The fraction of sp³-hybridized carbons (Fsp3) is 0.615. The molecule has 14 heavy (non-hydrogen) atoms. The predicted octanol–water partition coefficient (Wildman–Crippen LogP) is 3.90. The van der Waals surface area contributed by atoms with E-state index in [1.165, 1.54) is 0 Å². The summed E-state index contributed by atoms with van der Waals surface area (Å²) in [7, 11) is 0. The van der Waals surface area contributed by atoms with Crippen molar-refractivity contribution in [2.24, 2.45) is 5.41 Å². The summed E-state index contributed by atoms with van der Waals surface area (Å²) in [5.74, 6) is 0. The summed E-state index contributed by atoms with van der Waals surface area (Å²) < 4.78 is 0. The van der Waals surface area contributed by atoms with Gasteiger partial charge in [-0.25, -0.2) is 0 Å². The molecule has 0 heterocycles. The first-order valence-electron chi connectivity index (χ1n) is 5.34. The highest BCUT2D eigenvalue weighted by Crippen LogP contribution is 2.19. The summed E-state index contributed by atoms with van der Waals surface area (Å²) in [6, 6.07) is 0. The number of hydrogen-bond donors (Lipinski definition) is 0. The van der Waals surface area contributed by atoms with E-state index in [0.717, 1.165) is 38.4 Å². The average Bonchev–Trinajstić information content (AvgIpc) is 2.16. The van der Waals surface area contributed by atoms with E-state index in [1.54, 1.807) is 0 Å².